The van der Waals surface area contributed by atoms with Crippen molar-refractivity contribution in [1.29, 1.82) is 0 Å². The van der Waals surface area contributed by atoms with E-state index in [0.717, 1.165) is 5.56 Å². The van der Waals surface area contributed by atoms with Gasteiger partial charge in [0.1, 0.15) is 12.4 Å². The third-order valence-electron chi connectivity index (χ3n) is 6.41. The molecule has 1 aliphatic heterocycles. The lowest BCUT2D eigenvalue weighted by Crippen LogP contribution is -2.43. The number of fused-ring (bicyclic) bond motifs is 1. The van der Waals surface area contributed by atoms with E-state index in [1.54, 1.807) is 56.7 Å². The number of ether oxygens (including phenoxy) is 2. The van der Waals surface area contributed by atoms with Gasteiger partial charge in [0, 0.05) is 31.7 Å². The first-order valence-corrected chi connectivity index (χ1v) is 13.3. The van der Waals surface area contributed by atoms with Crippen LogP contribution in [0.15, 0.2) is 73.1 Å². The van der Waals surface area contributed by atoms with Crippen LogP contribution >= 0.6 is 0 Å². The summed E-state index contributed by atoms with van der Waals surface area (Å²) < 4.78 is 10.8. The van der Waals surface area contributed by atoms with E-state index >= 15 is 0 Å². The molecule has 214 valence electrons. The Morgan fingerprint density at radius 3 is 2.66 bits per heavy atom. The van der Waals surface area contributed by atoms with Crippen molar-refractivity contribution in [1.82, 2.24) is 20.1 Å². The molecule has 2 N–H and O–H groups in total. The SMILES string of the molecule is CCOC(=O)C[C@@H](NC(=O)CN1CCOc2ccc(NC(=O)N(C)Cc3ccccc3)cc2C1=O)c1cccnc1. The molecule has 0 bridgehead atoms. The lowest BCUT2D eigenvalue weighted by molar-refractivity contribution is -0.143. The van der Waals surface area contributed by atoms with Crippen molar-refractivity contribution in [3.8, 4) is 5.75 Å². The number of aromatic nitrogens is 1. The number of carbonyl (C=O) groups excluding carboxylic acids is 4. The Balaban J connectivity index is 1.42. The normalized spacial score (nSPS) is 13.2. The minimum atomic E-state index is -0.671. The largest absolute Gasteiger partial charge is 0.491 e. The number of hydrogen-bond acceptors (Lipinski definition) is 7. The highest BCUT2D eigenvalue weighted by molar-refractivity contribution is 6.01. The Kier molecular flexibility index (Phi) is 9.87. The van der Waals surface area contributed by atoms with Gasteiger partial charge in [-0.15, -0.1) is 0 Å². The summed E-state index contributed by atoms with van der Waals surface area (Å²) in [4.78, 5) is 58.5. The molecule has 1 atom stereocenters. The van der Waals surface area contributed by atoms with Crippen LogP contribution in [0.4, 0.5) is 10.5 Å². The number of urea groups is 1. The van der Waals surface area contributed by atoms with Crippen LogP contribution in [0, 0.1) is 0 Å². The Bertz CT molecular complexity index is 1370. The molecule has 0 aliphatic carbocycles. The van der Waals surface area contributed by atoms with Gasteiger partial charge in [-0.2, -0.15) is 0 Å². The van der Waals surface area contributed by atoms with Gasteiger partial charge in [0.2, 0.25) is 5.91 Å². The molecule has 1 aliphatic rings. The topological polar surface area (TPSA) is 130 Å². The van der Waals surface area contributed by atoms with Crippen LogP contribution in [0.1, 0.15) is 40.9 Å². The lowest BCUT2D eigenvalue weighted by Gasteiger charge is -2.23. The molecule has 4 amide bonds. The number of rotatable bonds is 10. The van der Waals surface area contributed by atoms with Crippen LogP contribution in [0.25, 0.3) is 0 Å². The number of pyridine rings is 1. The van der Waals surface area contributed by atoms with Crippen molar-refractivity contribution in [2.45, 2.75) is 25.9 Å². The number of esters is 1. The molecule has 4 rings (SSSR count). The molecule has 11 heteroatoms. The molecule has 2 aromatic carbocycles. The fraction of sp³-hybridized carbons (Fsp3) is 0.300. The average Bonchev–Trinajstić information content (AvgIpc) is 3.12. The Morgan fingerprint density at radius 2 is 1.93 bits per heavy atom. The quantitative estimate of drug-likeness (QED) is 0.364. The summed E-state index contributed by atoms with van der Waals surface area (Å²) in [6.45, 7) is 2.46. The van der Waals surface area contributed by atoms with E-state index in [1.807, 2.05) is 30.3 Å². The highest BCUT2D eigenvalue weighted by atomic mass is 16.5. The maximum atomic E-state index is 13.5. The van der Waals surface area contributed by atoms with E-state index in [2.05, 4.69) is 15.6 Å². The maximum absolute atomic E-state index is 13.5. The second-order valence-electron chi connectivity index (χ2n) is 9.47. The van der Waals surface area contributed by atoms with Gasteiger partial charge in [0.25, 0.3) is 5.91 Å². The van der Waals surface area contributed by atoms with Gasteiger partial charge in [-0.1, -0.05) is 36.4 Å². The van der Waals surface area contributed by atoms with Crippen LogP contribution in [0.2, 0.25) is 0 Å². The summed E-state index contributed by atoms with van der Waals surface area (Å²) in [7, 11) is 1.68. The zero-order chi connectivity index (χ0) is 29.2. The predicted molar refractivity (Wildman–Crippen MR) is 151 cm³/mol. The fourth-order valence-electron chi connectivity index (χ4n) is 4.37. The van der Waals surface area contributed by atoms with Crippen LogP contribution in [0.5, 0.6) is 5.75 Å². The molecule has 41 heavy (non-hydrogen) atoms. The van der Waals surface area contributed by atoms with Gasteiger partial charge in [-0.25, -0.2) is 4.79 Å². The number of carbonyl (C=O) groups is 4. The Labute approximate surface area is 238 Å². The van der Waals surface area contributed by atoms with Crippen LogP contribution < -0.4 is 15.4 Å². The molecule has 0 spiro atoms. The third-order valence-corrected chi connectivity index (χ3v) is 6.41. The van der Waals surface area contributed by atoms with Gasteiger partial charge in [0.15, 0.2) is 0 Å². The second kappa shape index (κ2) is 13.9. The van der Waals surface area contributed by atoms with E-state index in [0.29, 0.717) is 23.5 Å². The molecular weight excluding hydrogens is 526 g/mol. The van der Waals surface area contributed by atoms with Gasteiger partial charge in [-0.05, 0) is 42.3 Å². The molecule has 1 aromatic heterocycles. The van der Waals surface area contributed by atoms with Crippen molar-refractivity contribution < 1.29 is 28.7 Å². The molecule has 0 saturated carbocycles. The van der Waals surface area contributed by atoms with Gasteiger partial charge in [0.05, 0.1) is 37.7 Å². The van der Waals surface area contributed by atoms with Gasteiger partial charge < -0.3 is 29.9 Å². The first-order chi connectivity index (χ1) is 19.8. The summed E-state index contributed by atoms with van der Waals surface area (Å²) in [5.74, 6) is -0.959. The molecule has 3 aromatic rings. The molecule has 2 heterocycles. The highest BCUT2D eigenvalue weighted by Crippen LogP contribution is 2.27. The number of amides is 4. The smallest absolute Gasteiger partial charge is 0.321 e. The highest BCUT2D eigenvalue weighted by Gasteiger charge is 2.27. The zero-order valence-corrected chi connectivity index (χ0v) is 23.0. The third kappa shape index (κ3) is 8.04. The predicted octanol–water partition coefficient (Wildman–Crippen LogP) is 3.39. The minimum Gasteiger partial charge on any atom is -0.491 e. The van der Waals surface area contributed by atoms with E-state index < -0.39 is 23.8 Å². The first-order valence-electron chi connectivity index (χ1n) is 13.3. The fourth-order valence-corrected chi connectivity index (χ4v) is 4.37. The first kappa shape index (κ1) is 29.1. The number of benzene rings is 2. The maximum Gasteiger partial charge on any atom is 0.321 e. The molecule has 11 nitrogen and oxygen atoms in total. The molecule has 0 radical (unpaired) electrons. The van der Waals surface area contributed by atoms with Crippen LogP contribution in [0.3, 0.4) is 0 Å². The van der Waals surface area contributed by atoms with Crippen molar-refractivity contribution >= 4 is 29.5 Å². The van der Waals surface area contributed by atoms with E-state index in [1.165, 1.54) is 9.80 Å². The number of anilines is 1. The number of nitrogens with zero attached hydrogens (tertiary/aromatic N) is 3. The summed E-state index contributed by atoms with van der Waals surface area (Å²) in [6.07, 6.45) is 3.09. The van der Waals surface area contributed by atoms with Gasteiger partial charge in [-0.3, -0.25) is 19.4 Å². The zero-order valence-electron chi connectivity index (χ0n) is 23.0. The van der Waals surface area contributed by atoms with E-state index in [9.17, 15) is 19.2 Å². The summed E-state index contributed by atoms with van der Waals surface area (Å²) in [5, 5.41) is 5.64. The molecule has 0 unspecified atom stereocenters. The second-order valence-corrected chi connectivity index (χ2v) is 9.47. The Morgan fingerprint density at radius 1 is 1.12 bits per heavy atom. The van der Waals surface area contributed by atoms with E-state index in [4.69, 9.17) is 9.47 Å². The number of nitrogens with one attached hydrogen (secondary N) is 2. The summed E-state index contributed by atoms with van der Waals surface area (Å²) >= 11 is 0. The van der Waals surface area contributed by atoms with Crippen LogP contribution in [-0.2, 0) is 20.9 Å². The minimum absolute atomic E-state index is 0.0764. The monoisotopic (exact) mass is 559 g/mol. The average molecular weight is 560 g/mol. The molecular formula is C30H33N5O6. The summed E-state index contributed by atoms with van der Waals surface area (Å²) in [5.41, 5.74) is 2.28. The molecule has 0 fully saturated rings. The van der Waals surface area contributed by atoms with E-state index in [-0.39, 0.29) is 44.3 Å². The van der Waals surface area contributed by atoms with Crippen molar-refractivity contribution in [2.75, 3.05) is 38.7 Å². The molecule has 0 saturated heterocycles. The van der Waals surface area contributed by atoms with Crippen molar-refractivity contribution in [2.24, 2.45) is 0 Å². The van der Waals surface area contributed by atoms with Gasteiger partial charge >= 0.3 is 12.0 Å². The lowest BCUT2D eigenvalue weighted by atomic mass is 10.1. The van der Waals surface area contributed by atoms with Crippen LogP contribution in [-0.4, -0.2) is 71.9 Å². The Hall–Kier alpha value is -4.93. The van der Waals surface area contributed by atoms with Crippen molar-refractivity contribution in [3.05, 3.63) is 89.7 Å². The number of hydrogen-bond donors (Lipinski definition) is 2. The van der Waals surface area contributed by atoms with Crippen molar-refractivity contribution in [3.63, 3.8) is 0 Å². The standard InChI is InChI=1S/C30H33N5O6/c1-3-40-28(37)17-25(22-10-7-13-31-18-22)33-27(36)20-35-14-15-41-26-12-11-23(16-24(26)29(35)38)32-30(39)34(2)19-21-8-5-4-6-9-21/h4-13,16,18,25H,3,14-15,17,19-20H2,1-2H3,(H,32,39)(H,33,36)/t25-/m1/s1. The summed E-state index contributed by atoms with van der Waals surface area (Å²) in [6, 6.07) is 16.9.